The van der Waals surface area contributed by atoms with E-state index >= 15 is 0 Å². The molecule has 2 nitrogen and oxygen atoms in total. The first kappa shape index (κ1) is 9.69. The van der Waals surface area contributed by atoms with E-state index in [1.165, 1.54) is 5.56 Å². The van der Waals surface area contributed by atoms with E-state index in [0.29, 0.717) is 5.92 Å². The van der Waals surface area contributed by atoms with E-state index in [1.807, 2.05) is 6.07 Å². The van der Waals surface area contributed by atoms with Crippen molar-refractivity contribution >= 4 is 0 Å². The van der Waals surface area contributed by atoms with Gasteiger partial charge in [0.2, 0.25) is 0 Å². The van der Waals surface area contributed by atoms with Crippen LogP contribution in [0.1, 0.15) is 12.5 Å². The van der Waals surface area contributed by atoms with Gasteiger partial charge in [-0.3, -0.25) is 4.90 Å². The van der Waals surface area contributed by atoms with E-state index in [9.17, 15) is 5.11 Å². The summed E-state index contributed by atoms with van der Waals surface area (Å²) in [6.45, 7) is 4.89. The van der Waals surface area contributed by atoms with Gasteiger partial charge in [-0.1, -0.05) is 37.3 Å². The normalized spacial score (nSPS) is 28.1. The van der Waals surface area contributed by atoms with Crippen LogP contribution in [-0.2, 0) is 6.54 Å². The van der Waals surface area contributed by atoms with E-state index in [-0.39, 0.29) is 6.10 Å². The molecule has 0 aliphatic carbocycles. The fourth-order valence-corrected chi connectivity index (χ4v) is 2.02. The summed E-state index contributed by atoms with van der Waals surface area (Å²) in [5, 5.41) is 9.60. The summed E-state index contributed by atoms with van der Waals surface area (Å²) in [5.74, 6) is 0.415. The first-order valence-corrected chi connectivity index (χ1v) is 5.20. The predicted octanol–water partition coefficient (Wildman–Crippen LogP) is 1.50. The number of hydrogen-bond donors (Lipinski definition) is 1. The van der Waals surface area contributed by atoms with Gasteiger partial charge < -0.3 is 5.11 Å². The summed E-state index contributed by atoms with van der Waals surface area (Å²) in [5.41, 5.74) is 1.33. The monoisotopic (exact) mass is 191 g/mol. The number of benzene rings is 1. The fraction of sp³-hybridized carbons (Fsp3) is 0.500. The van der Waals surface area contributed by atoms with Crippen molar-refractivity contribution in [3.05, 3.63) is 35.9 Å². The maximum atomic E-state index is 9.60. The van der Waals surface area contributed by atoms with Crippen molar-refractivity contribution in [2.45, 2.75) is 19.6 Å². The lowest BCUT2D eigenvalue weighted by atomic mass is 10.1. The summed E-state index contributed by atoms with van der Waals surface area (Å²) in [7, 11) is 0. The Labute approximate surface area is 85.2 Å². The Morgan fingerprint density at radius 3 is 2.57 bits per heavy atom. The number of aliphatic hydroxyl groups is 1. The van der Waals surface area contributed by atoms with Crippen molar-refractivity contribution < 1.29 is 5.11 Å². The van der Waals surface area contributed by atoms with Gasteiger partial charge in [-0.05, 0) is 11.5 Å². The topological polar surface area (TPSA) is 23.5 Å². The van der Waals surface area contributed by atoms with Gasteiger partial charge in [0, 0.05) is 19.6 Å². The van der Waals surface area contributed by atoms with Crippen LogP contribution in [0.25, 0.3) is 0 Å². The minimum atomic E-state index is -0.140. The lowest BCUT2D eigenvalue weighted by Crippen LogP contribution is -2.21. The quantitative estimate of drug-likeness (QED) is 0.765. The number of rotatable bonds is 2. The van der Waals surface area contributed by atoms with Crippen molar-refractivity contribution in [3.63, 3.8) is 0 Å². The predicted molar refractivity (Wildman–Crippen MR) is 56.9 cm³/mol. The zero-order valence-electron chi connectivity index (χ0n) is 8.56. The number of likely N-dealkylation sites (tertiary alicyclic amines) is 1. The molecule has 1 aliphatic rings. The van der Waals surface area contributed by atoms with Crippen LogP contribution in [0.4, 0.5) is 0 Å². The molecule has 2 unspecified atom stereocenters. The molecule has 1 N–H and O–H groups in total. The summed E-state index contributed by atoms with van der Waals surface area (Å²) in [6, 6.07) is 10.4. The molecule has 2 rings (SSSR count). The van der Waals surface area contributed by atoms with Crippen LogP contribution in [0.2, 0.25) is 0 Å². The van der Waals surface area contributed by atoms with Gasteiger partial charge in [0.25, 0.3) is 0 Å². The van der Waals surface area contributed by atoms with Crippen LogP contribution in [-0.4, -0.2) is 29.2 Å². The molecule has 0 spiro atoms. The fourth-order valence-electron chi connectivity index (χ4n) is 2.02. The van der Waals surface area contributed by atoms with Gasteiger partial charge in [0.15, 0.2) is 0 Å². The maximum absolute atomic E-state index is 9.60. The smallest absolute Gasteiger partial charge is 0.0704 e. The molecule has 0 amide bonds. The van der Waals surface area contributed by atoms with Crippen molar-refractivity contribution in [2.24, 2.45) is 5.92 Å². The molecule has 14 heavy (non-hydrogen) atoms. The Bertz CT molecular complexity index is 276. The standard InChI is InChI=1S/C12H17NO/c1-10-7-13(9-12(10)14)8-11-5-3-2-4-6-11/h2-6,10,12,14H,7-9H2,1H3. The Kier molecular flexibility index (Phi) is 2.85. The molecule has 1 fully saturated rings. The van der Waals surface area contributed by atoms with Gasteiger partial charge in [0.05, 0.1) is 6.10 Å². The van der Waals surface area contributed by atoms with Crippen LogP contribution < -0.4 is 0 Å². The molecule has 0 radical (unpaired) electrons. The highest BCUT2D eigenvalue weighted by atomic mass is 16.3. The molecule has 2 heteroatoms. The highest BCUT2D eigenvalue weighted by molar-refractivity contribution is 5.14. The first-order valence-electron chi connectivity index (χ1n) is 5.20. The number of aliphatic hydroxyl groups excluding tert-OH is 1. The van der Waals surface area contributed by atoms with Crippen molar-refractivity contribution in [1.82, 2.24) is 4.90 Å². The van der Waals surface area contributed by atoms with Gasteiger partial charge >= 0.3 is 0 Å². The van der Waals surface area contributed by atoms with Crippen LogP contribution >= 0.6 is 0 Å². The average Bonchev–Trinajstić information content (AvgIpc) is 2.47. The maximum Gasteiger partial charge on any atom is 0.0704 e. The molecule has 1 aromatic carbocycles. The molecule has 2 atom stereocenters. The molecule has 1 aromatic rings. The van der Waals surface area contributed by atoms with Crippen molar-refractivity contribution in [3.8, 4) is 0 Å². The van der Waals surface area contributed by atoms with Gasteiger partial charge in [-0.15, -0.1) is 0 Å². The summed E-state index contributed by atoms with van der Waals surface area (Å²) < 4.78 is 0. The number of nitrogens with zero attached hydrogens (tertiary/aromatic N) is 1. The summed E-state index contributed by atoms with van der Waals surface area (Å²) >= 11 is 0. The van der Waals surface area contributed by atoms with Gasteiger partial charge in [-0.25, -0.2) is 0 Å². The minimum Gasteiger partial charge on any atom is -0.391 e. The van der Waals surface area contributed by atoms with Crippen LogP contribution in [0.3, 0.4) is 0 Å². The van der Waals surface area contributed by atoms with Gasteiger partial charge in [-0.2, -0.15) is 0 Å². The van der Waals surface area contributed by atoms with Crippen LogP contribution in [0.5, 0.6) is 0 Å². The Morgan fingerprint density at radius 2 is 2.00 bits per heavy atom. The van der Waals surface area contributed by atoms with E-state index in [4.69, 9.17) is 0 Å². The zero-order chi connectivity index (χ0) is 9.97. The van der Waals surface area contributed by atoms with Crippen molar-refractivity contribution in [2.75, 3.05) is 13.1 Å². The van der Waals surface area contributed by atoms with E-state index in [2.05, 4.69) is 36.1 Å². The third kappa shape index (κ3) is 2.14. The number of hydrogen-bond acceptors (Lipinski definition) is 2. The van der Waals surface area contributed by atoms with Crippen molar-refractivity contribution in [1.29, 1.82) is 0 Å². The molecule has 1 aliphatic heterocycles. The number of β-amino-alcohol motifs (C(OH)–C–C–N with tert-alkyl or cyclic N) is 1. The average molecular weight is 191 g/mol. The molecule has 0 bridgehead atoms. The summed E-state index contributed by atoms with van der Waals surface area (Å²) in [4.78, 5) is 2.31. The van der Waals surface area contributed by atoms with E-state index in [0.717, 1.165) is 19.6 Å². The zero-order valence-corrected chi connectivity index (χ0v) is 8.56. The largest absolute Gasteiger partial charge is 0.391 e. The molecule has 1 heterocycles. The molecular weight excluding hydrogens is 174 g/mol. The Morgan fingerprint density at radius 1 is 1.29 bits per heavy atom. The van der Waals surface area contributed by atoms with Crippen LogP contribution in [0.15, 0.2) is 30.3 Å². The molecule has 0 saturated carbocycles. The SMILES string of the molecule is CC1CN(Cc2ccccc2)CC1O. The van der Waals surface area contributed by atoms with Crippen LogP contribution in [0, 0.1) is 5.92 Å². The molecule has 76 valence electrons. The Balaban J connectivity index is 1.94. The molecule has 0 aromatic heterocycles. The highest BCUT2D eigenvalue weighted by Crippen LogP contribution is 2.18. The summed E-state index contributed by atoms with van der Waals surface area (Å²) in [6.07, 6.45) is -0.140. The lowest BCUT2D eigenvalue weighted by molar-refractivity contribution is 0.147. The van der Waals surface area contributed by atoms with Gasteiger partial charge in [0.1, 0.15) is 0 Å². The second-order valence-corrected chi connectivity index (χ2v) is 4.22. The minimum absolute atomic E-state index is 0.140. The Hall–Kier alpha value is -0.860. The second kappa shape index (κ2) is 4.11. The third-order valence-corrected chi connectivity index (χ3v) is 2.90. The molecular formula is C12H17NO. The van der Waals surface area contributed by atoms with E-state index < -0.39 is 0 Å². The second-order valence-electron chi connectivity index (χ2n) is 4.22. The highest BCUT2D eigenvalue weighted by Gasteiger charge is 2.27. The lowest BCUT2D eigenvalue weighted by Gasteiger charge is -2.14. The first-order chi connectivity index (χ1) is 6.75. The van der Waals surface area contributed by atoms with E-state index in [1.54, 1.807) is 0 Å². The third-order valence-electron chi connectivity index (χ3n) is 2.90. The molecule has 1 saturated heterocycles.